The van der Waals surface area contributed by atoms with Crippen molar-refractivity contribution in [1.82, 2.24) is 4.37 Å². The number of alkyl halides is 1. The fourth-order valence-electron chi connectivity index (χ4n) is 1.19. The van der Waals surface area contributed by atoms with E-state index in [-0.39, 0.29) is 0 Å². The Kier molecular flexibility index (Phi) is 2.97. The van der Waals surface area contributed by atoms with E-state index in [1.165, 1.54) is 0 Å². The van der Waals surface area contributed by atoms with Gasteiger partial charge in [-0.05, 0) is 0 Å². The molecule has 2 aromatic rings. The molecule has 0 amide bonds. The van der Waals surface area contributed by atoms with Crippen molar-refractivity contribution in [3.63, 3.8) is 0 Å². The smallest absolute Gasteiger partial charge is 0.281 e. The predicted molar refractivity (Wildman–Crippen MR) is 64.2 cm³/mol. The molecular weight excluding hydrogens is 311 g/mol. The molecule has 0 saturated carbocycles. The summed E-state index contributed by atoms with van der Waals surface area (Å²) in [7, 11) is 0. The Hall–Kier alpha value is -0.690. The Morgan fingerprint density at radius 1 is 1.36 bits per heavy atom. The Labute approximate surface area is 99.4 Å². The SMILES string of the molecule is [O-][n+]1snc(-c2ccccc2)c1CI. The van der Waals surface area contributed by atoms with Gasteiger partial charge in [0.1, 0.15) is 0 Å². The molecule has 0 atom stereocenters. The molecule has 0 fully saturated rings. The molecule has 5 heteroatoms. The highest BCUT2D eigenvalue weighted by Crippen LogP contribution is 2.21. The van der Waals surface area contributed by atoms with Crippen LogP contribution in [-0.2, 0) is 4.43 Å². The molecule has 72 valence electrons. The van der Waals surface area contributed by atoms with Gasteiger partial charge in [0.15, 0.2) is 5.69 Å². The van der Waals surface area contributed by atoms with Gasteiger partial charge in [0, 0.05) is 9.94 Å². The van der Waals surface area contributed by atoms with Crippen LogP contribution in [0.1, 0.15) is 5.69 Å². The van der Waals surface area contributed by atoms with Crippen molar-refractivity contribution >= 4 is 34.3 Å². The topological polar surface area (TPSA) is 39.8 Å². The zero-order valence-corrected chi connectivity index (χ0v) is 10.2. The highest BCUT2D eigenvalue weighted by Gasteiger charge is 2.18. The normalized spacial score (nSPS) is 10.4. The Balaban J connectivity index is 2.52. The van der Waals surface area contributed by atoms with Gasteiger partial charge in [-0.25, -0.2) is 0 Å². The van der Waals surface area contributed by atoms with Gasteiger partial charge in [-0.15, -0.1) is 0 Å². The van der Waals surface area contributed by atoms with Gasteiger partial charge in [0.25, 0.3) is 11.7 Å². The van der Waals surface area contributed by atoms with E-state index in [0.29, 0.717) is 4.43 Å². The monoisotopic (exact) mass is 318 g/mol. The van der Waals surface area contributed by atoms with Gasteiger partial charge in [-0.2, -0.15) is 4.12 Å². The molecular formula is C9H7IN2OS. The van der Waals surface area contributed by atoms with Gasteiger partial charge in [0.05, 0.1) is 4.43 Å². The van der Waals surface area contributed by atoms with Crippen LogP contribution in [0.15, 0.2) is 30.3 Å². The van der Waals surface area contributed by atoms with E-state index in [1.54, 1.807) is 0 Å². The summed E-state index contributed by atoms with van der Waals surface area (Å²) in [6.45, 7) is 0. The van der Waals surface area contributed by atoms with E-state index >= 15 is 0 Å². The molecule has 0 aliphatic carbocycles. The highest BCUT2D eigenvalue weighted by atomic mass is 127. The summed E-state index contributed by atoms with van der Waals surface area (Å²) >= 11 is 3.13. The van der Waals surface area contributed by atoms with Crippen LogP contribution in [0.2, 0.25) is 0 Å². The minimum Gasteiger partial charge on any atom is -0.700 e. The van der Waals surface area contributed by atoms with E-state index in [9.17, 15) is 5.21 Å². The van der Waals surface area contributed by atoms with Gasteiger partial charge >= 0.3 is 0 Å². The third kappa shape index (κ3) is 1.74. The molecule has 1 heterocycles. The van der Waals surface area contributed by atoms with Crippen LogP contribution >= 0.6 is 34.3 Å². The molecule has 1 aromatic heterocycles. The minimum atomic E-state index is 0.683. The van der Waals surface area contributed by atoms with Crippen molar-refractivity contribution in [2.75, 3.05) is 0 Å². The summed E-state index contributed by atoms with van der Waals surface area (Å²) in [5.74, 6) is 0. The summed E-state index contributed by atoms with van der Waals surface area (Å²) in [4.78, 5) is 0. The highest BCUT2D eigenvalue weighted by molar-refractivity contribution is 14.1. The number of aromatic nitrogens is 2. The van der Waals surface area contributed by atoms with E-state index < -0.39 is 0 Å². The number of nitrogens with zero attached hydrogens (tertiary/aromatic N) is 2. The van der Waals surface area contributed by atoms with Crippen molar-refractivity contribution in [2.24, 2.45) is 0 Å². The van der Waals surface area contributed by atoms with Gasteiger partial charge in [-0.1, -0.05) is 52.9 Å². The Bertz CT molecular complexity index is 430. The van der Waals surface area contributed by atoms with Crippen molar-refractivity contribution in [2.45, 2.75) is 4.43 Å². The lowest BCUT2D eigenvalue weighted by atomic mass is 10.1. The number of hydrogen-bond acceptors (Lipinski definition) is 3. The van der Waals surface area contributed by atoms with Crippen molar-refractivity contribution in [3.8, 4) is 11.3 Å². The minimum absolute atomic E-state index is 0.683. The molecule has 0 aliphatic rings. The molecule has 2 rings (SSSR count). The molecule has 0 unspecified atom stereocenters. The quantitative estimate of drug-likeness (QED) is 0.369. The Morgan fingerprint density at radius 2 is 2.07 bits per heavy atom. The number of benzene rings is 1. The molecule has 0 spiro atoms. The fourth-order valence-corrected chi connectivity index (χ4v) is 2.71. The predicted octanol–water partition coefficient (Wildman–Crippen LogP) is 2.38. The van der Waals surface area contributed by atoms with Gasteiger partial charge < -0.3 is 5.21 Å². The molecule has 0 saturated heterocycles. The zero-order chi connectivity index (χ0) is 9.97. The maximum absolute atomic E-state index is 11.3. The number of halogens is 1. The van der Waals surface area contributed by atoms with Gasteiger partial charge in [0.2, 0.25) is 5.69 Å². The largest absolute Gasteiger partial charge is 0.700 e. The molecule has 14 heavy (non-hydrogen) atoms. The van der Waals surface area contributed by atoms with Crippen LogP contribution in [0.3, 0.4) is 0 Å². The van der Waals surface area contributed by atoms with E-state index in [4.69, 9.17) is 0 Å². The lowest BCUT2D eigenvalue weighted by Gasteiger charge is -1.97. The maximum Gasteiger partial charge on any atom is 0.281 e. The summed E-state index contributed by atoms with van der Waals surface area (Å²) in [5, 5.41) is 11.3. The first kappa shape index (κ1) is 9.85. The van der Waals surface area contributed by atoms with E-state index in [0.717, 1.165) is 32.8 Å². The van der Waals surface area contributed by atoms with Crippen molar-refractivity contribution in [3.05, 3.63) is 41.2 Å². The van der Waals surface area contributed by atoms with Crippen LogP contribution in [0, 0.1) is 5.21 Å². The summed E-state index contributed by atoms with van der Waals surface area (Å²) in [6, 6.07) is 9.77. The van der Waals surface area contributed by atoms with E-state index in [1.807, 2.05) is 30.3 Å². The fraction of sp³-hybridized carbons (Fsp3) is 0.111. The average molecular weight is 318 g/mol. The first-order valence-electron chi connectivity index (χ1n) is 4.03. The van der Waals surface area contributed by atoms with Crippen LogP contribution < -0.4 is 4.12 Å². The summed E-state index contributed by atoms with van der Waals surface area (Å²) in [6.07, 6.45) is 0. The lowest BCUT2D eigenvalue weighted by Crippen LogP contribution is -2.24. The standard InChI is InChI=1S/C9H7IN2OS/c10-6-8-9(11-14-12(8)13)7-4-2-1-3-5-7/h1-5H,6H2. The lowest BCUT2D eigenvalue weighted by molar-refractivity contribution is -0.537. The van der Waals surface area contributed by atoms with Crippen molar-refractivity contribution < 1.29 is 4.12 Å². The van der Waals surface area contributed by atoms with Crippen LogP contribution in [0.5, 0.6) is 0 Å². The number of hydrogen-bond donors (Lipinski definition) is 0. The summed E-state index contributed by atoms with van der Waals surface area (Å²) in [5.41, 5.74) is 2.55. The molecule has 0 bridgehead atoms. The molecule has 0 aliphatic heterocycles. The first-order chi connectivity index (χ1) is 6.83. The molecule has 0 N–H and O–H groups in total. The second-order valence-corrected chi connectivity index (χ2v) is 4.17. The van der Waals surface area contributed by atoms with Crippen LogP contribution in [0.4, 0.5) is 0 Å². The third-order valence-corrected chi connectivity index (χ3v) is 3.23. The van der Waals surface area contributed by atoms with Gasteiger partial charge in [-0.3, -0.25) is 0 Å². The molecule has 1 aromatic carbocycles. The first-order valence-corrected chi connectivity index (χ1v) is 6.28. The van der Waals surface area contributed by atoms with Crippen LogP contribution in [-0.4, -0.2) is 4.37 Å². The Morgan fingerprint density at radius 3 is 2.71 bits per heavy atom. The van der Waals surface area contributed by atoms with Crippen molar-refractivity contribution in [1.29, 1.82) is 0 Å². The summed E-state index contributed by atoms with van der Waals surface area (Å²) < 4.78 is 5.70. The second-order valence-electron chi connectivity index (χ2n) is 2.73. The number of rotatable bonds is 2. The third-order valence-electron chi connectivity index (χ3n) is 1.87. The molecule has 3 nitrogen and oxygen atoms in total. The average Bonchev–Trinajstić information content (AvgIpc) is 2.61. The second kappa shape index (κ2) is 4.22. The maximum atomic E-state index is 11.3. The zero-order valence-electron chi connectivity index (χ0n) is 7.18. The molecule has 0 radical (unpaired) electrons. The van der Waals surface area contributed by atoms with Crippen LogP contribution in [0.25, 0.3) is 11.3 Å². The van der Waals surface area contributed by atoms with E-state index in [2.05, 4.69) is 27.0 Å².